The molecule has 1 atom stereocenters. The van der Waals surface area contributed by atoms with E-state index < -0.39 is 5.97 Å². The van der Waals surface area contributed by atoms with E-state index in [0.717, 1.165) is 5.56 Å². The fourth-order valence-corrected chi connectivity index (χ4v) is 1.85. The molecular weight excluding hydrogens is 249 g/mol. The lowest BCUT2D eigenvalue weighted by molar-refractivity contribution is -0.141. The third kappa shape index (κ3) is 4.87. The molecule has 1 aromatic rings. The Labute approximate surface area is 112 Å². The molecule has 0 bridgehead atoms. The minimum Gasteiger partial charge on any atom is -0.496 e. The summed E-state index contributed by atoms with van der Waals surface area (Å²) in [6, 6.07) is 4.39. The van der Waals surface area contributed by atoms with Crippen LogP contribution in [0.4, 0.5) is 4.39 Å². The number of halogens is 1. The van der Waals surface area contributed by atoms with E-state index in [2.05, 4.69) is 5.32 Å². The van der Waals surface area contributed by atoms with Crippen molar-refractivity contribution in [1.82, 2.24) is 5.32 Å². The fraction of sp³-hybridized carbons (Fsp3) is 0.500. The van der Waals surface area contributed by atoms with Crippen LogP contribution in [0, 0.1) is 11.7 Å². The Kier molecular flexibility index (Phi) is 6.29. The average molecular weight is 269 g/mol. The van der Waals surface area contributed by atoms with Gasteiger partial charge in [0.25, 0.3) is 0 Å². The first kappa shape index (κ1) is 15.4. The summed E-state index contributed by atoms with van der Waals surface area (Å²) in [6.45, 7) is 2.85. The molecule has 0 aliphatic heterocycles. The van der Waals surface area contributed by atoms with E-state index in [1.807, 2.05) is 6.92 Å². The lowest BCUT2D eigenvalue weighted by Gasteiger charge is -2.12. The number of nitrogens with one attached hydrogen (secondary N) is 1. The normalized spacial score (nSPS) is 12.2. The molecule has 0 saturated heterocycles. The number of methoxy groups -OCH3 is 1. The molecule has 0 heterocycles. The van der Waals surface area contributed by atoms with Crippen LogP contribution in [0.3, 0.4) is 0 Å². The first-order chi connectivity index (χ1) is 9.08. The maximum absolute atomic E-state index is 13.1. The number of rotatable bonds is 8. The van der Waals surface area contributed by atoms with E-state index in [4.69, 9.17) is 9.84 Å². The van der Waals surface area contributed by atoms with Crippen LogP contribution in [-0.4, -0.2) is 31.3 Å². The van der Waals surface area contributed by atoms with Gasteiger partial charge in [0, 0.05) is 6.54 Å². The molecule has 0 spiro atoms. The number of carbonyl (C=O) groups is 1. The quantitative estimate of drug-likeness (QED) is 0.709. The molecule has 0 radical (unpaired) electrons. The van der Waals surface area contributed by atoms with E-state index in [-0.39, 0.29) is 11.7 Å². The largest absolute Gasteiger partial charge is 0.496 e. The first-order valence-electron chi connectivity index (χ1n) is 6.34. The third-order valence-electron chi connectivity index (χ3n) is 3.05. The highest BCUT2D eigenvalue weighted by molar-refractivity contribution is 5.70. The molecule has 0 aromatic heterocycles. The van der Waals surface area contributed by atoms with E-state index in [9.17, 15) is 9.18 Å². The topological polar surface area (TPSA) is 58.6 Å². The Bertz CT molecular complexity index is 423. The minimum atomic E-state index is -0.793. The maximum atomic E-state index is 13.1. The van der Waals surface area contributed by atoms with Gasteiger partial charge < -0.3 is 15.2 Å². The smallest absolute Gasteiger partial charge is 0.307 e. The Morgan fingerprint density at radius 2 is 2.26 bits per heavy atom. The summed E-state index contributed by atoms with van der Waals surface area (Å²) in [6.07, 6.45) is 1.18. The maximum Gasteiger partial charge on any atom is 0.307 e. The van der Waals surface area contributed by atoms with Crippen molar-refractivity contribution in [3.63, 3.8) is 0 Å². The number of benzene rings is 1. The van der Waals surface area contributed by atoms with Crippen molar-refractivity contribution in [3.8, 4) is 5.75 Å². The van der Waals surface area contributed by atoms with Crippen LogP contribution >= 0.6 is 0 Å². The van der Waals surface area contributed by atoms with Gasteiger partial charge in [0.2, 0.25) is 0 Å². The zero-order chi connectivity index (χ0) is 14.3. The highest BCUT2D eigenvalue weighted by Crippen LogP contribution is 2.19. The highest BCUT2D eigenvalue weighted by atomic mass is 19.1. The van der Waals surface area contributed by atoms with Gasteiger partial charge in [0.15, 0.2) is 0 Å². The lowest BCUT2D eigenvalue weighted by Crippen LogP contribution is -2.29. The summed E-state index contributed by atoms with van der Waals surface area (Å²) in [5.41, 5.74) is 0.776. The number of ether oxygens (including phenoxy) is 1. The Hall–Kier alpha value is -1.62. The molecule has 19 heavy (non-hydrogen) atoms. The molecule has 0 aliphatic carbocycles. The summed E-state index contributed by atoms with van der Waals surface area (Å²) >= 11 is 0. The summed E-state index contributed by atoms with van der Waals surface area (Å²) in [7, 11) is 1.54. The standard InChI is InChI=1S/C14H20FNO3/c1-3-10(14(17)18)9-16-7-6-11-8-12(15)4-5-13(11)19-2/h4-5,8,10,16H,3,6-7,9H2,1-2H3,(H,17,18). The molecule has 2 N–H and O–H groups in total. The van der Waals surface area contributed by atoms with Gasteiger partial charge in [-0.05, 0) is 43.1 Å². The van der Waals surface area contributed by atoms with Crippen molar-refractivity contribution in [3.05, 3.63) is 29.6 Å². The average Bonchev–Trinajstić information content (AvgIpc) is 2.38. The molecule has 0 saturated carbocycles. The summed E-state index contributed by atoms with van der Waals surface area (Å²) in [5.74, 6) is -0.825. The van der Waals surface area contributed by atoms with Crippen LogP contribution in [0.1, 0.15) is 18.9 Å². The predicted octanol–water partition coefficient (Wildman–Crippen LogP) is 2.08. The van der Waals surface area contributed by atoms with Crippen LogP contribution in [0.2, 0.25) is 0 Å². The summed E-state index contributed by atoms with van der Waals surface area (Å²) in [5, 5.41) is 12.0. The highest BCUT2D eigenvalue weighted by Gasteiger charge is 2.14. The van der Waals surface area contributed by atoms with E-state index >= 15 is 0 Å². The van der Waals surface area contributed by atoms with Crippen molar-refractivity contribution in [2.75, 3.05) is 20.2 Å². The zero-order valence-corrected chi connectivity index (χ0v) is 11.3. The molecule has 106 valence electrons. The third-order valence-corrected chi connectivity index (χ3v) is 3.05. The number of hydrogen-bond acceptors (Lipinski definition) is 3. The molecule has 0 fully saturated rings. The second kappa shape index (κ2) is 7.74. The Balaban J connectivity index is 2.45. The van der Waals surface area contributed by atoms with Gasteiger partial charge in [0.05, 0.1) is 13.0 Å². The number of carboxylic acid groups (broad SMARTS) is 1. The summed E-state index contributed by atoms with van der Waals surface area (Å²) in [4.78, 5) is 10.8. The van der Waals surface area contributed by atoms with Crippen LogP contribution in [0.25, 0.3) is 0 Å². The molecule has 1 rings (SSSR count). The number of aliphatic carboxylic acids is 1. The van der Waals surface area contributed by atoms with Gasteiger partial charge in [0.1, 0.15) is 11.6 Å². The van der Waals surface area contributed by atoms with Crippen molar-refractivity contribution >= 4 is 5.97 Å². The van der Waals surface area contributed by atoms with Gasteiger partial charge in [-0.1, -0.05) is 6.92 Å². The monoisotopic (exact) mass is 269 g/mol. The van der Waals surface area contributed by atoms with Crippen molar-refractivity contribution in [2.45, 2.75) is 19.8 Å². The van der Waals surface area contributed by atoms with Gasteiger partial charge in [-0.25, -0.2) is 4.39 Å². The molecule has 4 nitrogen and oxygen atoms in total. The zero-order valence-electron chi connectivity index (χ0n) is 11.3. The van der Waals surface area contributed by atoms with E-state index in [1.54, 1.807) is 13.2 Å². The van der Waals surface area contributed by atoms with Gasteiger partial charge in [-0.2, -0.15) is 0 Å². The van der Waals surface area contributed by atoms with Crippen molar-refractivity contribution in [2.24, 2.45) is 5.92 Å². The fourth-order valence-electron chi connectivity index (χ4n) is 1.85. The second-order valence-corrected chi connectivity index (χ2v) is 4.35. The van der Waals surface area contributed by atoms with Gasteiger partial charge in [-0.3, -0.25) is 4.79 Å². The lowest BCUT2D eigenvalue weighted by atomic mass is 10.1. The molecule has 1 unspecified atom stereocenters. The van der Waals surface area contributed by atoms with Crippen LogP contribution in [0.15, 0.2) is 18.2 Å². The van der Waals surface area contributed by atoms with Crippen molar-refractivity contribution < 1.29 is 19.0 Å². The first-order valence-corrected chi connectivity index (χ1v) is 6.34. The van der Waals surface area contributed by atoms with Crippen molar-refractivity contribution in [1.29, 1.82) is 0 Å². The molecule has 5 heteroatoms. The van der Waals surface area contributed by atoms with Gasteiger partial charge >= 0.3 is 5.97 Å². The molecular formula is C14H20FNO3. The van der Waals surface area contributed by atoms with E-state index in [0.29, 0.717) is 31.7 Å². The molecule has 0 amide bonds. The van der Waals surface area contributed by atoms with Crippen LogP contribution in [0.5, 0.6) is 5.75 Å². The van der Waals surface area contributed by atoms with Gasteiger partial charge in [-0.15, -0.1) is 0 Å². The molecule has 0 aliphatic rings. The minimum absolute atomic E-state index is 0.298. The molecule has 1 aromatic carbocycles. The van der Waals surface area contributed by atoms with Crippen LogP contribution in [-0.2, 0) is 11.2 Å². The van der Waals surface area contributed by atoms with Crippen LogP contribution < -0.4 is 10.1 Å². The number of carboxylic acids is 1. The SMILES string of the molecule is CCC(CNCCc1cc(F)ccc1OC)C(=O)O. The Morgan fingerprint density at radius 3 is 2.84 bits per heavy atom. The summed E-state index contributed by atoms with van der Waals surface area (Å²) < 4.78 is 18.3. The Morgan fingerprint density at radius 1 is 1.53 bits per heavy atom. The number of hydrogen-bond donors (Lipinski definition) is 2. The predicted molar refractivity (Wildman–Crippen MR) is 70.9 cm³/mol. The second-order valence-electron chi connectivity index (χ2n) is 4.35. The van der Waals surface area contributed by atoms with E-state index in [1.165, 1.54) is 12.1 Å².